The van der Waals surface area contributed by atoms with Crippen molar-refractivity contribution in [3.8, 4) is 10.6 Å². The van der Waals surface area contributed by atoms with Crippen LogP contribution in [-0.2, 0) is 11.4 Å². The Hall–Kier alpha value is -1.45. The second kappa shape index (κ2) is 6.21. The minimum Gasteiger partial charge on any atom is -0.389 e. The molecule has 9 heteroatoms. The lowest BCUT2D eigenvalue weighted by molar-refractivity contribution is -0.120. The molecular formula is C14H15F2N3O2S2. The molecule has 0 bridgehead atoms. The SMILES string of the molecule is Cc1nc(CO)sc1-c1csc(NC(=O)C2CCC(F)(F)C2)n1. The van der Waals surface area contributed by atoms with Crippen LogP contribution < -0.4 is 5.32 Å². The largest absolute Gasteiger partial charge is 0.389 e. The Balaban J connectivity index is 1.70. The number of alkyl halides is 2. The van der Waals surface area contributed by atoms with Gasteiger partial charge in [0.2, 0.25) is 11.8 Å². The van der Waals surface area contributed by atoms with Crippen molar-refractivity contribution in [1.29, 1.82) is 0 Å². The van der Waals surface area contributed by atoms with Gasteiger partial charge < -0.3 is 10.4 Å². The summed E-state index contributed by atoms with van der Waals surface area (Å²) in [7, 11) is 0. The number of thiazole rings is 2. The summed E-state index contributed by atoms with van der Waals surface area (Å²) in [6.07, 6.45) is -0.437. The number of nitrogens with one attached hydrogen (secondary N) is 1. The van der Waals surface area contributed by atoms with Crippen molar-refractivity contribution in [3.63, 3.8) is 0 Å². The number of amides is 1. The first-order valence-electron chi connectivity index (χ1n) is 7.10. The molecular weight excluding hydrogens is 344 g/mol. The summed E-state index contributed by atoms with van der Waals surface area (Å²) in [6.45, 7) is 1.69. The third kappa shape index (κ3) is 3.56. The molecule has 2 aromatic rings. The lowest BCUT2D eigenvalue weighted by Crippen LogP contribution is -2.22. The Bertz CT molecular complexity index is 729. The van der Waals surface area contributed by atoms with E-state index in [9.17, 15) is 13.6 Å². The number of aliphatic hydroxyl groups excluding tert-OH is 1. The standard InChI is InChI=1S/C14H15F2N3O2S2/c1-7-11(23-10(5-20)17-7)9-6-22-13(18-9)19-12(21)8-2-3-14(15,16)4-8/h6,8,20H,2-5H2,1H3,(H,18,19,21). The monoisotopic (exact) mass is 359 g/mol. The zero-order valence-electron chi connectivity index (χ0n) is 12.3. The second-order valence-corrected chi connectivity index (χ2v) is 7.44. The van der Waals surface area contributed by atoms with Gasteiger partial charge in [-0.3, -0.25) is 4.79 Å². The van der Waals surface area contributed by atoms with Gasteiger partial charge in [-0.1, -0.05) is 0 Å². The van der Waals surface area contributed by atoms with Gasteiger partial charge in [-0.2, -0.15) is 0 Å². The van der Waals surface area contributed by atoms with Gasteiger partial charge in [-0.15, -0.1) is 22.7 Å². The number of carbonyl (C=O) groups excluding carboxylic acids is 1. The first-order valence-corrected chi connectivity index (χ1v) is 8.79. The van der Waals surface area contributed by atoms with Gasteiger partial charge in [0.25, 0.3) is 0 Å². The predicted molar refractivity (Wildman–Crippen MR) is 84.8 cm³/mol. The molecule has 0 aromatic carbocycles. The zero-order chi connectivity index (χ0) is 16.6. The third-order valence-corrected chi connectivity index (χ3v) is 5.64. The van der Waals surface area contributed by atoms with Crippen LogP contribution in [0.25, 0.3) is 10.6 Å². The fourth-order valence-electron chi connectivity index (χ4n) is 2.57. The fourth-order valence-corrected chi connectivity index (χ4v) is 4.24. The average molecular weight is 359 g/mol. The first-order chi connectivity index (χ1) is 10.9. The molecule has 1 fully saturated rings. The van der Waals surface area contributed by atoms with E-state index in [4.69, 9.17) is 5.11 Å². The van der Waals surface area contributed by atoms with Crippen LogP contribution in [0.1, 0.15) is 30.0 Å². The maximum absolute atomic E-state index is 13.2. The Morgan fingerprint density at radius 2 is 2.30 bits per heavy atom. The highest BCUT2D eigenvalue weighted by atomic mass is 32.1. The van der Waals surface area contributed by atoms with Gasteiger partial charge in [0.05, 0.1) is 22.9 Å². The van der Waals surface area contributed by atoms with Crippen LogP contribution >= 0.6 is 22.7 Å². The summed E-state index contributed by atoms with van der Waals surface area (Å²) >= 11 is 2.58. The Morgan fingerprint density at radius 1 is 1.52 bits per heavy atom. The molecule has 1 aliphatic carbocycles. The number of aryl methyl sites for hydroxylation is 1. The maximum atomic E-state index is 13.2. The topological polar surface area (TPSA) is 75.1 Å². The molecule has 124 valence electrons. The van der Waals surface area contributed by atoms with Gasteiger partial charge in [0.1, 0.15) is 5.01 Å². The van der Waals surface area contributed by atoms with Crippen LogP contribution in [-0.4, -0.2) is 26.9 Å². The number of anilines is 1. The number of rotatable bonds is 4. The predicted octanol–water partition coefficient (Wildman–Crippen LogP) is 3.44. The Morgan fingerprint density at radius 3 is 2.91 bits per heavy atom. The molecule has 5 nitrogen and oxygen atoms in total. The van der Waals surface area contributed by atoms with Crippen molar-refractivity contribution in [2.45, 2.75) is 38.7 Å². The van der Waals surface area contributed by atoms with E-state index in [0.29, 0.717) is 15.8 Å². The minimum atomic E-state index is -2.74. The Kier molecular flexibility index (Phi) is 4.43. The molecule has 1 saturated carbocycles. The first kappa shape index (κ1) is 16.4. The number of nitrogens with zero attached hydrogens (tertiary/aromatic N) is 2. The van der Waals surface area contributed by atoms with E-state index in [0.717, 1.165) is 10.6 Å². The second-order valence-electron chi connectivity index (χ2n) is 5.50. The van der Waals surface area contributed by atoms with Crippen molar-refractivity contribution in [2.75, 3.05) is 5.32 Å². The molecule has 0 saturated heterocycles. The number of hydrogen-bond donors (Lipinski definition) is 2. The van der Waals surface area contributed by atoms with Crippen LogP contribution in [0.4, 0.5) is 13.9 Å². The smallest absolute Gasteiger partial charge is 0.248 e. The molecule has 23 heavy (non-hydrogen) atoms. The summed E-state index contributed by atoms with van der Waals surface area (Å²) in [5, 5.41) is 14.5. The summed E-state index contributed by atoms with van der Waals surface area (Å²) < 4.78 is 26.4. The van der Waals surface area contributed by atoms with Crippen molar-refractivity contribution in [1.82, 2.24) is 9.97 Å². The summed E-state index contributed by atoms with van der Waals surface area (Å²) in [5.41, 5.74) is 1.43. The normalized spacial score (nSPS) is 19.9. The minimum absolute atomic E-state index is 0.130. The molecule has 0 aliphatic heterocycles. The highest BCUT2D eigenvalue weighted by Gasteiger charge is 2.42. The van der Waals surface area contributed by atoms with E-state index in [1.54, 1.807) is 5.38 Å². The van der Waals surface area contributed by atoms with Crippen LogP contribution in [0.2, 0.25) is 0 Å². The molecule has 2 N–H and O–H groups in total. The molecule has 2 heterocycles. The van der Waals surface area contributed by atoms with Crippen LogP contribution in [0.3, 0.4) is 0 Å². The van der Waals surface area contributed by atoms with Crippen molar-refractivity contribution in [2.24, 2.45) is 5.92 Å². The van der Waals surface area contributed by atoms with Crippen LogP contribution in [0, 0.1) is 12.8 Å². The average Bonchev–Trinajstić information content (AvgIpc) is 3.17. The molecule has 2 aromatic heterocycles. The van der Waals surface area contributed by atoms with E-state index in [-0.39, 0.29) is 19.4 Å². The number of aliphatic hydroxyl groups is 1. The van der Waals surface area contributed by atoms with Gasteiger partial charge >= 0.3 is 0 Å². The number of halogens is 2. The number of carbonyl (C=O) groups is 1. The highest BCUT2D eigenvalue weighted by Crippen LogP contribution is 2.39. The molecule has 0 spiro atoms. The van der Waals surface area contributed by atoms with Gasteiger partial charge in [0.15, 0.2) is 5.13 Å². The molecule has 1 aliphatic rings. The summed E-state index contributed by atoms with van der Waals surface area (Å²) in [4.78, 5) is 21.4. The number of aromatic nitrogens is 2. The molecule has 1 unspecified atom stereocenters. The lowest BCUT2D eigenvalue weighted by Gasteiger charge is -2.09. The number of hydrogen-bond acceptors (Lipinski definition) is 6. The fraction of sp³-hybridized carbons (Fsp3) is 0.500. The van der Waals surface area contributed by atoms with Crippen LogP contribution in [0.5, 0.6) is 0 Å². The van der Waals surface area contributed by atoms with Crippen molar-refractivity contribution < 1.29 is 18.7 Å². The highest BCUT2D eigenvalue weighted by molar-refractivity contribution is 7.17. The van der Waals surface area contributed by atoms with E-state index in [1.807, 2.05) is 6.92 Å². The van der Waals surface area contributed by atoms with Crippen molar-refractivity contribution in [3.05, 3.63) is 16.1 Å². The van der Waals surface area contributed by atoms with Gasteiger partial charge in [-0.05, 0) is 13.3 Å². The van der Waals surface area contributed by atoms with E-state index in [1.165, 1.54) is 22.7 Å². The lowest BCUT2D eigenvalue weighted by atomic mass is 10.1. The molecule has 1 amide bonds. The third-order valence-electron chi connectivity index (χ3n) is 3.72. The molecule has 0 radical (unpaired) electrons. The molecule has 1 atom stereocenters. The Labute approximate surface area is 139 Å². The quantitative estimate of drug-likeness (QED) is 0.877. The van der Waals surface area contributed by atoms with Gasteiger partial charge in [-0.25, -0.2) is 18.7 Å². The summed E-state index contributed by atoms with van der Waals surface area (Å²) in [5.74, 6) is -3.81. The van der Waals surface area contributed by atoms with Crippen molar-refractivity contribution >= 4 is 33.7 Å². The van der Waals surface area contributed by atoms with E-state index >= 15 is 0 Å². The van der Waals surface area contributed by atoms with Gasteiger partial charge in [0, 0.05) is 24.1 Å². The van der Waals surface area contributed by atoms with E-state index in [2.05, 4.69) is 15.3 Å². The van der Waals surface area contributed by atoms with Crippen LogP contribution in [0.15, 0.2) is 5.38 Å². The summed E-state index contributed by atoms with van der Waals surface area (Å²) in [6, 6.07) is 0. The zero-order valence-corrected chi connectivity index (χ0v) is 13.9. The van der Waals surface area contributed by atoms with E-state index < -0.39 is 24.2 Å². The maximum Gasteiger partial charge on any atom is 0.248 e. The molecule has 3 rings (SSSR count).